The molecule has 2 aliphatic heterocycles. The number of nitrogens with one attached hydrogen (secondary N) is 1. The van der Waals surface area contributed by atoms with E-state index in [9.17, 15) is 18.8 Å². The predicted molar refractivity (Wildman–Crippen MR) is 111 cm³/mol. The van der Waals surface area contributed by atoms with Crippen molar-refractivity contribution in [1.29, 1.82) is 0 Å². The molecule has 0 saturated carbocycles. The molecular formula is C23H24FN3O4. The molecule has 2 saturated heterocycles. The van der Waals surface area contributed by atoms with E-state index in [0.29, 0.717) is 12.8 Å². The maximum absolute atomic E-state index is 14.0. The summed E-state index contributed by atoms with van der Waals surface area (Å²) < 4.78 is 18.9. The molecule has 7 nitrogen and oxygen atoms in total. The summed E-state index contributed by atoms with van der Waals surface area (Å²) in [6, 6.07) is 11.3. The first-order valence-electron chi connectivity index (χ1n) is 10.2. The molecule has 1 N–H and O–H groups in total. The van der Waals surface area contributed by atoms with E-state index < -0.39 is 17.4 Å². The van der Waals surface area contributed by atoms with Gasteiger partial charge in [0.05, 0.1) is 13.7 Å². The second-order valence-corrected chi connectivity index (χ2v) is 8.03. The first-order valence-corrected chi connectivity index (χ1v) is 10.2. The number of carbonyl (C=O) groups excluding carboxylic acids is 3. The SMILES string of the molecule is COc1ccc(C(=O)N2CCC3(CC2)NC(=O)N(Cc2ccc(C)cc2)C3=O)cc1F. The lowest BCUT2D eigenvalue weighted by Gasteiger charge is -2.37. The highest BCUT2D eigenvalue weighted by Crippen LogP contribution is 2.31. The Morgan fingerprint density at radius 3 is 2.42 bits per heavy atom. The molecule has 0 aliphatic carbocycles. The standard InChI is InChI=1S/C23H24FN3O4/c1-15-3-5-16(6-4-15)14-27-21(29)23(25-22(27)30)9-11-26(12-10-23)20(28)17-7-8-19(31-2)18(24)13-17/h3-8,13H,9-12,14H2,1-2H3,(H,25,30). The summed E-state index contributed by atoms with van der Waals surface area (Å²) in [7, 11) is 1.36. The van der Waals surface area contributed by atoms with Gasteiger partial charge in [0.1, 0.15) is 5.54 Å². The zero-order chi connectivity index (χ0) is 22.2. The van der Waals surface area contributed by atoms with Gasteiger partial charge in [0.25, 0.3) is 11.8 Å². The van der Waals surface area contributed by atoms with E-state index >= 15 is 0 Å². The Hall–Kier alpha value is -3.42. The molecule has 1 spiro atoms. The molecule has 2 aromatic rings. The number of piperidine rings is 1. The molecule has 4 rings (SSSR count). The van der Waals surface area contributed by atoms with Crippen LogP contribution in [0, 0.1) is 12.7 Å². The van der Waals surface area contributed by atoms with Crippen LogP contribution in [0.5, 0.6) is 5.75 Å². The van der Waals surface area contributed by atoms with Gasteiger partial charge in [-0.1, -0.05) is 29.8 Å². The molecule has 2 heterocycles. The summed E-state index contributed by atoms with van der Waals surface area (Å²) >= 11 is 0. The minimum atomic E-state index is -0.996. The lowest BCUT2D eigenvalue weighted by Crippen LogP contribution is -2.55. The first kappa shape index (κ1) is 20.8. The Morgan fingerprint density at radius 1 is 1.13 bits per heavy atom. The number of carbonyl (C=O) groups is 3. The van der Waals surface area contributed by atoms with Gasteiger partial charge in [-0.05, 0) is 43.5 Å². The normalized spacial score (nSPS) is 17.8. The number of nitrogens with zero attached hydrogens (tertiary/aromatic N) is 2. The maximum Gasteiger partial charge on any atom is 0.325 e. The Morgan fingerprint density at radius 2 is 1.81 bits per heavy atom. The van der Waals surface area contributed by atoms with E-state index in [4.69, 9.17) is 4.74 Å². The van der Waals surface area contributed by atoms with Crippen molar-refractivity contribution in [3.05, 3.63) is 65.0 Å². The van der Waals surface area contributed by atoms with E-state index in [0.717, 1.165) is 17.2 Å². The van der Waals surface area contributed by atoms with Gasteiger partial charge in [0.15, 0.2) is 11.6 Å². The number of benzene rings is 2. The summed E-state index contributed by atoms with van der Waals surface area (Å²) in [6.45, 7) is 2.76. The van der Waals surface area contributed by atoms with E-state index in [1.54, 1.807) is 4.90 Å². The lowest BCUT2D eigenvalue weighted by atomic mass is 9.87. The number of hydrogen-bond donors (Lipinski definition) is 1. The fraction of sp³-hybridized carbons (Fsp3) is 0.348. The molecule has 0 atom stereocenters. The number of urea groups is 1. The van der Waals surface area contributed by atoms with Crippen LogP contribution in [0.15, 0.2) is 42.5 Å². The zero-order valence-electron chi connectivity index (χ0n) is 17.5. The number of aryl methyl sites for hydroxylation is 1. The minimum absolute atomic E-state index is 0.0714. The van der Waals surface area contributed by atoms with Crippen LogP contribution >= 0.6 is 0 Å². The van der Waals surface area contributed by atoms with Crippen LogP contribution in [0.3, 0.4) is 0 Å². The monoisotopic (exact) mass is 425 g/mol. The Bertz CT molecular complexity index is 1030. The van der Waals surface area contributed by atoms with Crippen molar-refractivity contribution in [1.82, 2.24) is 15.1 Å². The Balaban J connectivity index is 1.43. The lowest BCUT2D eigenvalue weighted by molar-refractivity contribution is -0.133. The van der Waals surface area contributed by atoms with Gasteiger partial charge in [-0.25, -0.2) is 9.18 Å². The van der Waals surface area contributed by atoms with E-state index in [1.165, 1.54) is 24.1 Å². The molecular weight excluding hydrogens is 401 g/mol. The van der Waals surface area contributed by atoms with Crippen molar-refractivity contribution in [2.75, 3.05) is 20.2 Å². The molecule has 2 fully saturated rings. The van der Waals surface area contributed by atoms with Crippen LogP contribution < -0.4 is 10.1 Å². The van der Waals surface area contributed by atoms with Crippen LogP contribution in [0.25, 0.3) is 0 Å². The van der Waals surface area contributed by atoms with Gasteiger partial charge in [-0.2, -0.15) is 0 Å². The highest BCUT2D eigenvalue weighted by Gasteiger charge is 2.52. The Labute approximate surface area is 179 Å². The highest BCUT2D eigenvalue weighted by atomic mass is 19.1. The van der Waals surface area contributed by atoms with Crippen LogP contribution in [-0.4, -0.2) is 53.4 Å². The highest BCUT2D eigenvalue weighted by molar-refractivity contribution is 6.07. The molecule has 31 heavy (non-hydrogen) atoms. The van der Waals surface area contributed by atoms with Crippen LogP contribution in [0.2, 0.25) is 0 Å². The largest absolute Gasteiger partial charge is 0.494 e. The quantitative estimate of drug-likeness (QED) is 0.764. The number of amides is 4. The van der Waals surface area contributed by atoms with Gasteiger partial charge in [-0.3, -0.25) is 14.5 Å². The van der Waals surface area contributed by atoms with Crippen LogP contribution in [-0.2, 0) is 11.3 Å². The van der Waals surface area contributed by atoms with Crippen molar-refractivity contribution in [2.45, 2.75) is 31.8 Å². The molecule has 162 valence electrons. The summed E-state index contributed by atoms with van der Waals surface area (Å²) in [6.07, 6.45) is 0.624. The van der Waals surface area contributed by atoms with Gasteiger partial charge in [0, 0.05) is 18.7 Å². The van der Waals surface area contributed by atoms with E-state index in [1.807, 2.05) is 31.2 Å². The Kier molecular flexibility index (Phi) is 5.39. The topological polar surface area (TPSA) is 79.0 Å². The van der Waals surface area contributed by atoms with Gasteiger partial charge in [-0.15, -0.1) is 0 Å². The van der Waals surface area contributed by atoms with Crippen molar-refractivity contribution < 1.29 is 23.5 Å². The third-order valence-corrected chi connectivity index (χ3v) is 6.01. The number of ether oxygens (including phenoxy) is 1. The predicted octanol–water partition coefficient (Wildman–Crippen LogP) is 2.87. The third-order valence-electron chi connectivity index (χ3n) is 6.01. The summed E-state index contributed by atoms with van der Waals surface area (Å²) in [5.41, 5.74) is 1.20. The number of hydrogen-bond acceptors (Lipinski definition) is 4. The molecule has 2 aromatic carbocycles. The smallest absolute Gasteiger partial charge is 0.325 e. The van der Waals surface area contributed by atoms with E-state index in [-0.39, 0.29) is 42.8 Å². The molecule has 0 radical (unpaired) electrons. The van der Waals surface area contributed by atoms with Crippen molar-refractivity contribution in [2.24, 2.45) is 0 Å². The summed E-state index contributed by atoms with van der Waals surface area (Å²) in [5, 5.41) is 2.85. The van der Waals surface area contributed by atoms with Gasteiger partial charge >= 0.3 is 6.03 Å². The fourth-order valence-corrected chi connectivity index (χ4v) is 4.11. The number of imide groups is 1. The van der Waals surface area contributed by atoms with Crippen LogP contribution in [0.1, 0.15) is 34.3 Å². The van der Waals surface area contributed by atoms with E-state index in [2.05, 4.69) is 5.32 Å². The summed E-state index contributed by atoms with van der Waals surface area (Å²) in [4.78, 5) is 41.2. The number of rotatable bonds is 4. The minimum Gasteiger partial charge on any atom is -0.494 e. The summed E-state index contributed by atoms with van der Waals surface area (Å²) in [5.74, 6) is -1.11. The van der Waals surface area contributed by atoms with Crippen LogP contribution in [0.4, 0.5) is 9.18 Å². The number of likely N-dealkylation sites (tertiary alicyclic amines) is 1. The average Bonchev–Trinajstić information content (AvgIpc) is 2.99. The van der Waals surface area contributed by atoms with Gasteiger partial charge < -0.3 is 15.0 Å². The van der Waals surface area contributed by atoms with Gasteiger partial charge in [0.2, 0.25) is 0 Å². The molecule has 2 aliphatic rings. The van der Waals surface area contributed by atoms with Crippen molar-refractivity contribution in [3.63, 3.8) is 0 Å². The first-order chi connectivity index (χ1) is 14.8. The second kappa shape index (κ2) is 8.02. The number of halogens is 1. The number of methoxy groups -OCH3 is 1. The average molecular weight is 425 g/mol. The second-order valence-electron chi connectivity index (χ2n) is 8.03. The fourth-order valence-electron chi connectivity index (χ4n) is 4.11. The molecule has 0 unspecified atom stereocenters. The van der Waals surface area contributed by atoms with Crippen molar-refractivity contribution >= 4 is 17.8 Å². The van der Waals surface area contributed by atoms with Crippen molar-refractivity contribution in [3.8, 4) is 5.75 Å². The third kappa shape index (κ3) is 3.85. The zero-order valence-corrected chi connectivity index (χ0v) is 17.5. The molecule has 4 amide bonds. The molecule has 0 bridgehead atoms. The maximum atomic E-state index is 14.0. The molecule has 8 heteroatoms. The molecule has 0 aromatic heterocycles.